The van der Waals surface area contributed by atoms with Gasteiger partial charge in [-0.3, -0.25) is 0 Å². The molecule has 0 amide bonds. The van der Waals surface area contributed by atoms with Crippen LogP contribution in [0.2, 0.25) is 0 Å². The first-order chi connectivity index (χ1) is 8.93. The first-order valence-electron chi connectivity index (χ1n) is 7.77. The molecule has 0 aromatic carbocycles. The van der Waals surface area contributed by atoms with Gasteiger partial charge in [-0.15, -0.1) is 0 Å². The molecule has 1 rings (SSSR count). The van der Waals surface area contributed by atoms with E-state index in [2.05, 4.69) is 18.2 Å². The van der Waals surface area contributed by atoms with Crippen LogP contribution in [-0.4, -0.2) is 13.7 Å². The molecule has 1 nitrogen and oxygen atoms in total. The topological polar surface area (TPSA) is 9.23 Å². The zero-order chi connectivity index (χ0) is 12.9. The van der Waals surface area contributed by atoms with Gasteiger partial charge >= 0.3 is 0 Å². The van der Waals surface area contributed by atoms with Crippen molar-refractivity contribution in [1.29, 1.82) is 0 Å². The van der Waals surface area contributed by atoms with Crippen LogP contribution in [0.1, 0.15) is 70.6 Å². The van der Waals surface area contributed by atoms with Crippen molar-refractivity contribution in [2.45, 2.75) is 70.6 Å². The molecule has 0 fully saturated rings. The van der Waals surface area contributed by atoms with Gasteiger partial charge in [0.2, 0.25) is 0 Å². The van der Waals surface area contributed by atoms with Crippen LogP contribution in [0.15, 0.2) is 23.8 Å². The lowest BCUT2D eigenvalue weighted by atomic mass is 10.0. The van der Waals surface area contributed by atoms with Gasteiger partial charge in [-0.1, -0.05) is 68.7 Å². The van der Waals surface area contributed by atoms with Crippen molar-refractivity contribution in [3.05, 3.63) is 23.8 Å². The van der Waals surface area contributed by atoms with Gasteiger partial charge in [-0.2, -0.15) is 0 Å². The number of ether oxygens (including phenoxy) is 1. The lowest BCUT2D eigenvalue weighted by molar-refractivity contribution is 0.192. The van der Waals surface area contributed by atoms with Crippen LogP contribution in [0, 0.1) is 0 Å². The maximum atomic E-state index is 5.05. The summed E-state index contributed by atoms with van der Waals surface area (Å²) in [7, 11) is 1.79. The summed E-state index contributed by atoms with van der Waals surface area (Å²) >= 11 is 0. The Bertz CT molecular complexity index is 240. The van der Waals surface area contributed by atoms with E-state index < -0.39 is 0 Å². The van der Waals surface area contributed by atoms with Crippen molar-refractivity contribution in [2.75, 3.05) is 13.7 Å². The Kier molecular flexibility index (Phi) is 9.92. The number of rotatable bonds is 12. The normalized spacial score (nSPS) is 14.2. The zero-order valence-corrected chi connectivity index (χ0v) is 12.1. The third kappa shape index (κ3) is 8.52. The van der Waals surface area contributed by atoms with E-state index >= 15 is 0 Å². The quantitative estimate of drug-likeness (QED) is 0.420. The van der Waals surface area contributed by atoms with E-state index in [9.17, 15) is 0 Å². The van der Waals surface area contributed by atoms with Crippen LogP contribution in [0.5, 0.6) is 0 Å². The molecule has 18 heavy (non-hydrogen) atoms. The molecule has 1 aliphatic carbocycles. The van der Waals surface area contributed by atoms with Gasteiger partial charge in [-0.05, 0) is 25.7 Å². The molecule has 0 saturated carbocycles. The summed E-state index contributed by atoms with van der Waals surface area (Å²) in [4.78, 5) is 0. The van der Waals surface area contributed by atoms with Gasteiger partial charge in [0.1, 0.15) is 0 Å². The molecule has 0 unspecified atom stereocenters. The van der Waals surface area contributed by atoms with Gasteiger partial charge in [-0.25, -0.2) is 0 Å². The predicted octanol–water partition coefficient (Wildman–Crippen LogP) is 5.42. The van der Waals surface area contributed by atoms with Crippen molar-refractivity contribution in [3.8, 4) is 0 Å². The third-order valence-electron chi connectivity index (χ3n) is 3.69. The molecule has 0 heterocycles. The van der Waals surface area contributed by atoms with Crippen molar-refractivity contribution in [1.82, 2.24) is 0 Å². The fourth-order valence-electron chi connectivity index (χ4n) is 2.51. The van der Waals surface area contributed by atoms with Gasteiger partial charge in [0.15, 0.2) is 0 Å². The summed E-state index contributed by atoms with van der Waals surface area (Å²) in [6.45, 7) is 0.935. The van der Waals surface area contributed by atoms with Crippen LogP contribution >= 0.6 is 0 Å². The average Bonchev–Trinajstić information content (AvgIpc) is 2.89. The summed E-state index contributed by atoms with van der Waals surface area (Å²) in [5.74, 6) is 0. The second-order valence-electron chi connectivity index (χ2n) is 5.38. The Hall–Kier alpha value is -0.560. The Morgan fingerprint density at radius 1 is 0.889 bits per heavy atom. The maximum absolute atomic E-state index is 5.05. The molecule has 0 aliphatic heterocycles. The largest absolute Gasteiger partial charge is 0.385 e. The van der Waals surface area contributed by atoms with E-state index in [0.29, 0.717) is 0 Å². The zero-order valence-electron chi connectivity index (χ0n) is 12.1. The Morgan fingerprint density at radius 3 is 2.06 bits per heavy atom. The van der Waals surface area contributed by atoms with Crippen molar-refractivity contribution >= 4 is 0 Å². The van der Waals surface area contributed by atoms with Crippen molar-refractivity contribution in [2.24, 2.45) is 0 Å². The van der Waals surface area contributed by atoms with E-state index in [1.807, 2.05) is 0 Å². The van der Waals surface area contributed by atoms with Crippen LogP contribution in [0.4, 0.5) is 0 Å². The predicted molar refractivity (Wildman–Crippen MR) is 79.9 cm³/mol. The number of hydrogen-bond donors (Lipinski definition) is 0. The molecule has 0 spiro atoms. The van der Waals surface area contributed by atoms with Crippen LogP contribution < -0.4 is 0 Å². The van der Waals surface area contributed by atoms with Crippen molar-refractivity contribution in [3.63, 3.8) is 0 Å². The fourth-order valence-corrected chi connectivity index (χ4v) is 2.51. The summed E-state index contributed by atoms with van der Waals surface area (Å²) < 4.78 is 5.05. The number of hydrogen-bond acceptors (Lipinski definition) is 1. The smallest absolute Gasteiger partial charge is 0.0462 e. The third-order valence-corrected chi connectivity index (χ3v) is 3.69. The molecular formula is C17H30O. The minimum atomic E-state index is 0.935. The highest BCUT2D eigenvalue weighted by Gasteiger charge is 1.99. The summed E-state index contributed by atoms with van der Waals surface area (Å²) in [5.41, 5.74) is 1.63. The van der Waals surface area contributed by atoms with E-state index in [-0.39, 0.29) is 0 Å². The van der Waals surface area contributed by atoms with Crippen LogP contribution in [0.3, 0.4) is 0 Å². The SMILES string of the molecule is COCCCCCCCCCCCC1=CC=CC1. The minimum Gasteiger partial charge on any atom is -0.385 e. The molecule has 0 aromatic rings. The Labute approximate surface area is 113 Å². The molecule has 0 radical (unpaired) electrons. The summed E-state index contributed by atoms with van der Waals surface area (Å²) in [5, 5.41) is 0. The van der Waals surface area contributed by atoms with E-state index in [4.69, 9.17) is 4.74 Å². The highest BCUT2D eigenvalue weighted by molar-refractivity contribution is 5.22. The van der Waals surface area contributed by atoms with Gasteiger partial charge in [0.05, 0.1) is 0 Å². The van der Waals surface area contributed by atoms with Crippen molar-refractivity contribution < 1.29 is 4.74 Å². The highest BCUT2D eigenvalue weighted by atomic mass is 16.5. The van der Waals surface area contributed by atoms with Gasteiger partial charge < -0.3 is 4.74 Å². The second-order valence-corrected chi connectivity index (χ2v) is 5.38. The lowest BCUT2D eigenvalue weighted by Crippen LogP contribution is -1.88. The summed E-state index contributed by atoms with van der Waals surface area (Å²) in [6.07, 6.45) is 21.8. The number of allylic oxidation sites excluding steroid dienone is 4. The first-order valence-corrected chi connectivity index (χ1v) is 7.77. The molecule has 0 aromatic heterocycles. The molecule has 104 valence electrons. The molecule has 0 bridgehead atoms. The molecule has 0 N–H and O–H groups in total. The van der Waals surface area contributed by atoms with E-state index in [1.54, 1.807) is 12.7 Å². The fraction of sp³-hybridized carbons (Fsp3) is 0.765. The molecule has 0 saturated heterocycles. The number of unbranched alkanes of at least 4 members (excludes halogenated alkanes) is 8. The Balaban J connectivity index is 1.71. The molecular weight excluding hydrogens is 220 g/mol. The van der Waals surface area contributed by atoms with E-state index in [0.717, 1.165) is 6.61 Å². The standard InChI is InChI=1S/C17H30O/c1-18-16-12-8-6-4-2-3-5-7-9-13-17-14-10-11-15-17/h10-11,14H,2-9,12-13,15-16H2,1H3. The maximum Gasteiger partial charge on any atom is 0.0462 e. The van der Waals surface area contributed by atoms with Crippen LogP contribution in [0.25, 0.3) is 0 Å². The molecule has 1 heteroatoms. The number of methoxy groups -OCH3 is 1. The van der Waals surface area contributed by atoms with Gasteiger partial charge in [0, 0.05) is 13.7 Å². The van der Waals surface area contributed by atoms with Gasteiger partial charge in [0.25, 0.3) is 0 Å². The second kappa shape index (κ2) is 11.5. The highest BCUT2D eigenvalue weighted by Crippen LogP contribution is 2.18. The summed E-state index contributed by atoms with van der Waals surface area (Å²) in [6, 6.07) is 0. The van der Waals surface area contributed by atoms with Crippen LogP contribution in [-0.2, 0) is 4.74 Å². The van der Waals surface area contributed by atoms with E-state index in [1.165, 1.54) is 70.6 Å². The lowest BCUT2D eigenvalue weighted by Gasteiger charge is -2.03. The minimum absolute atomic E-state index is 0.935. The molecule has 0 atom stereocenters. The average molecular weight is 250 g/mol. The Morgan fingerprint density at radius 2 is 1.50 bits per heavy atom. The first kappa shape index (κ1) is 15.5. The molecule has 1 aliphatic rings. The monoisotopic (exact) mass is 250 g/mol.